The SMILES string of the molecule is CCNc1cnc(C(=O)N(C)CCC(F)(F)F)cn1. The van der Waals surface area contributed by atoms with Gasteiger partial charge >= 0.3 is 6.18 Å². The summed E-state index contributed by atoms with van der Waals surface area (Å²) in [6.07, 6.45) is -2.72. The second-order valence-corrected chi connectivity index (χ2v) is 3.91. The minimum Gasteiger partial charge on any atom is -0.369 e. The van der Waals surface area contributed by atoms with E-state index in [1.807, 2.05) is 6.92 Å². The summed E-state index contributed by atoms with van der Waals surface area (Å²) in [6, 6.07) is 0. The predicted molar refractivity (Wildman–Crippen MR) is 63.8 cm³/mol. The first-order valence-electron chi connectivity index (χ1n) is 5.71. The Hall–Kier alpha value is -1.86. The van der Waals surface area contributed by atoms with Crippen LogP contribution in [0.4, 0.5) is 19.0 Å². The molecule has 1 aromatic rings. The van der Waals surface area contributed by atoms with Gasteiger partial charge in [0.1, 0.15) is 11.5 Å². The Balaban J connectivity index is 2.61. The molecule has 0 aliphatic carbocycles. The molecule has 8 heteroatoms. The molecule has 0 aliphatic heterocycles. The Morgan fingerprint density at radius 2 is 2.05 bits per heavy atom. The van der Waals surface area contributed by atoms with Crippen LogP contribution in [0.15, 0.2) is 12.4 Å². The number of alkyl halides is 3. The molecular formula is C11H15F3N4O. The summed E-state index contributed by atoms with van der Waals surface area (Å²) in [7, 11) is 1.30. The number of aromatic nitrogens is 2. The third-order valence-electron chi connectivity index (χ3n) is 2.31. The normalized spacial score (nSPS) is 11.2. The van der Waals surface area contributed by atoms with E-state index in [9.17, 15) is 18.0 Å². The number of hydrogen-bond acceptors (Lipinski definition) is 4. The summed E-state index contributed by atoms with van der Waals surface area (Å²) in [4.78, 5) is 20.5. The summed E-state index contributed by atoms with van der Waals surface area (Å²) in [6.45, 7) is 2.14. The molecule has 5 nitrogen and oxygen atoms in total. The van der Waals surface area contributed by atoms with E-state index in [1.165, 1.54) is 19.4 Å². The van der Waals surface area contributed by atoms with Crippen LogP contribution in [0.1, 0.15) is 23.8 Å². The van der Waals surface area contributed by atoms with Crippen LogP contribution in [0, 0.1) is 0 Å². The van der Waals surface area contributed by atoms with Crippen molar-refractivity contribution in [3.63, 3.8) is 0 Å². The third kappa shape index (κ3) is 5.11. The lowest BCUT2D eigenvalue weighted by molar-refractivity contribution is -0.136. The Morgan fingerprint density at radius 3 is 2.53 bits per heavy atom. The Morgan fingerprint density at radius 1 is 1.37 bits per heavy atom. The van der Waals surface area contributed by atoms with E-state index in [4.69, 9.17) is 0 Å². The monoisotopic (exact) mass is 276 g/mol. The van der Waals surface area contributed by atoms with Gasteiger partial charge in [0.15, 0.2) is 0 Å². The largest absolute Gasteiger partial charge is 0.390 e. The number of anilines is 1. The van der Waals surface area contributed by atoms with Crippen LogP contribution in [0.25, 0.3) is 0 Å². The molecule has 0 bridgehead atoms. The molecule has 0 saturated carbocycles. The second kappa shape index (κ2) is 6.35. The van der Waals surface area contributed by atoms with Crippen molar-refractivity contribution in [1.82, 2.24) is 14.9 Å². The topological polar surface area (TPSA) is 58.1 Å². The molecule has 0 radical (unpaired) electrons. The quantitative estimate of drug-likeness (QED) is 0.892. The van der Waals surface area contributed by atoms with Crippen molar-refractivity contribution >= 4 is 11.7 Å². The van der Waals surface area contributed by atoms with Crippen molar-refractivity contribution in [3.05, 3.63) is 18.1 Å². The highest BCUT2D eigenvalue weighted by molar-refractivity contribution is 5.91. The van der Waals surface area contributed by atoms with Crippen molar-refractivity contribution in [1.29, 1.82) is 0 Å². The first-order chi connectivity index (χ1) is 8.83. The molecule has 0 aromatic carbocycles. The molecule has 1 aromatic heterocycles. The van der Waals surface area contributed by atoms with Gasteiger partial charge < -0.3 is 10.2 Å². The molecule has 0 saturated heterocycles. The average molecular weight is 276 g/mol. The molecule has 1 rings (SSSR count). The number of amides is 1. The number of rotatable bonds is 5. The minimum absolute atomic E-state index is 0.0197. The van der Waals surface area contributed by atoms with Gasteiger partial charge in [0.05, 0.1) is 18.8 Å². The zero-order chi connectivity index (χ0) is 14.5. The molecule has 19 heavy (non-hydrogen) atoms. The number of carbonyl (C=O) groups excluding carboxylic acids is 1. The summed E-state index contributed by atoms with van der Waals surface area (Å²) in [5.41, 5.74) is 0.0197. The van der Waals surface area contributed by atoms with Crippen LogP contribution in [-0.4, -0.2) is 47.1 Å². The van der Waals surface area contributed by atoms with E-state index >= 15 is 0 Å². The lowest BCUT2D eigenvalue weighted by atomic mass is 10.3. The van der Waals surface area contributed by atoms with Crippen LogP contribution < -0.4 is 5.32 Å². The summed E-state index contributed by atoms with van der Waals surface area (Å²) >= 11 is 0. The van der Waals surface area contributed by atoms with Crippen LogP contribution in [0.3, 0.4) is 0 Å². The zero-order valence-corrected chi connectivity index (χ0v) is 10.7. The van der Waals surface area contributed by atoms with E-state index in [2.05, 4.69) is 15.3 Å². The van der Waals surface area contributed by atoms with Crippen molar-refractivity contribution in [2.24, 2.45) is 0 Å². The third-order valence-corrected chi connectivity index (χ3v) is 2.31. The fourth-order valence-corrected chi connectivity index (χ4v) is 1.30. The molecule has 0 fully saturated rings. The molecule has 0 unspecified atom stereocenters. The molecule has 0 atom stereocenters. The van der Waals surface area contributed by atoms with Crippen LogP contribution in [-0.2, 0) is 0 Å². The van der Waals surface area contributed by atoms with Crippen molar-refractivity contribution in [3.8, 4) is 0 Å². The maximum absolute atomic E-state index is 12.0. The standard InChI is InChI=1S/C11H15F3N4O/c1-3-15-9-7-16-8(6-17-9)10(19)18(2)5-4-11(12,13)14/h6-7H,3-5H2,1-2H3,(H,15,17). The summed E-state index contributed by atoms with van der Waals surface area (Å²) in [5, 5.41) is 2.90. The number of hydrogen-bond donors (Lipinski definition) is 1. The molecule has 1 heterocycles. The number of nitrogens with zero attached hydrogens (tertiary/aromatic N) is 3. The number of halogens is 3. The molecule has 0 aliphatic rings. The second-order valence-electron chi connectivity index (χ2n) is 3.91. The molecular weight excluding hydrogens is 261 g/mol. The summed E-state index contributed by atoms with van der Waals surface area (Å²) < 4.78 is 36.1. The highest BCUT2D eigenvalue weighted by Gasteiger charge is 2.28. The average Bonchev–Trinajstić information content (AvgIpc) is 2.35. The van der Waals surface area contributed by atoms with Gasteiger partial charge in [-0.25, -0.2) is 9.97 Å². The van der Waals surface area contributed by atoms with Crippen molar-refractivity contribution in [2.45, 2.75) is 19.5 Å². The van der Waals surface area contributed by atoms with Gasteiger partial charge in [0.25, 0.3) is 5.91 Å². The van der Waals surface area contributed by atoms with E-state index in [0.717, 1.165) is 4.90 Å². The van der Waals surface area contributed by atoms with Gasteiger partial charge in [-0.15, -0.1) is 0 Å². The smallest absolute Gasteiger partial charge is 0.369 e. The van der Waals surface area contributed by atoms with Crippen molar-refractivity contribution < 1.29 is 18.0 Å². The maximum atomic E-state index is 12.0. The van der Waals surface area contributed by atoms with Gasteiger partial charge in [-0.3, -0.25) is 4.79 Å². The van der Waals surface area contributed by atoms with E-state index < -0.39 is 25.0 Å². The number of nitrogens with one attached hydrogen (secondary N) is 1. The first-order valence-corrected chi connectivity index (χ1v) is 5.71. The Bertz CT molecular complexity index is 419. The van der Waals surface area contributed by atoms with Gasteiger partial charge in [0, 0.05) is 20.1 Å². The van der Waals surface area contributed by atoms with E-state index in [1.54, 1.807) is 0 Å². The summed E-state index contributed by atoms with van der Waals surface area (Å²) in [5.74, 6) is -0.0724. The maximum Gasteiger partial charge on any atom is 0.390 e. The van der Waals surface area contributed by atoms with Crippen molar-refractivity contribution in [2.75, 3.05) is 25.5 Å². The van der Waals surface area contributed by atoms with Crippen LogP contribution in [0.2, 0.25) is 0 Å². The number of carbonyl (C=O) groups is 1. The highest BCUT2D eigenvalue weighted by atomic mass is 19.4. The fourth-order valence-electron chi connectivity index (χ4n) is 1.30. The lowest BCUT2D eigenvalue weighted by Crippen LogP contribution is -2.31. The van der Waals surface area contributed by atoms with Gasteiger partial charge in [-0.05, 0) is 6.92 Å². The lowest BCUT2D eigenvalue weighted by Gasteiger charge is -2.17. The van der Waals surface area contributed by atoms with Crippen LogP contribution in [0.5, 0.6) is 0 Å². The van der Waals surface area contributed by atoms with Gasteiger partial charge in [-0.1, -0.05) is 0 Å². The predicted octanol–water partition coefficient (Wildman–Crippen LogP) is 1.93. The molecule has 1 N–H and O–H groups in total. The Labute approximate surface area is 108 Å². The molecule has 106 valence electrons. The van der Waals surface area contributed by atoms with Gasteiger partial charge in [0.2, 0.25) is 0 Å². The highest BCUT2D eigenvalue weighted by Crippen LogP contribution is 2.19. The fraction of sp³-hybridized carbons (Fsp3) is 0.545. The van der Waals surface area contributed by atoms with Gasteiger partial charge in [-0.2, -0.15) is 13.2 Å². The Kier molecular flexibility index (Phi) is 5.08. The van der Waals surface area contributed by atoms with Crippen LogP contribution >= 0.6 is 0 Å². The zero-order valence-electron chi connectivity index (χ0n) is 10.7. The van der Waals surface area contributed by atoms with E-state index in [0.29, 0.717) is 12.4 Å². The first kappa shape index (κ1) is 15.2. The molecule has 0 spiro atoms. The minimum atomic E-state index is -4.28. The molecule has 1 amide bonds. The van der Waals surface area contributed by atoms with E-state index in [-0.39, 0.29) is 5.69 Å².